The molecule has 0 aliphatic carbocycles. The number of methoxy groups -OCH3 is 1. The summed E-state index contributed by atoms with van der Waals surface area (Å²) >= 11 is 0. The molecule has 1 saturated heterocycles. The van der Waals surface area contributed by atoms with Crippen LogP contribution in [0.2, 0.25) is 0 Å². The molecular formula is C32H37N3O5. The van der Waals surface area contributed by atoms with Crippen LogP contribution in [0.5, 0.6) is 28.7 Å². The topological polar surface area (TPSA) is 95.6 Å². The monoisotopic (exact) mass is 543 g/mol. The number of aliphatic imine (C=N–C) groups is 1. The van der Waals surface area contributed by atoms with Gasteiger partial charge < -0.3 is 29.6 Å². The van der Waals surface area contributed by atoms with E-state index in [2.05, 4.69) is 4.99 Å². The lowest BCUT2D eigenvalue weighted by Gasteiger charge is -2.20. The lowest BCUT2D eigenvalue weighted by Crippen LogP contribution is -2.35. The number of anilines is 1. The summed E-state index contributed by atoms with van der Waals surface area (Å²) in [5.41, 5.74) is 11.1. The normalized spacial score (nSPS) is 15.8. The zero-order valence-electron chi connectivity index (χ0n) is 23.7. The van der Waals surface area contributed by atoms with Crippen molar-refractivity contribution >= 4 is 23.5 Å². The number of rotatable bonds is 10. The van der Waals surface area contributed by atoms with Crippen LogP contribution in [0.15, 0.2) is 47.5 Å². The smallest absolute Gasteiger partial charge is 0.256 e. The van der Waals surface area contributed by atoms with Crippen molar-refractivity contribution in [3.63, 3.8) is 0 Å². The molecule has 1 fully saturated rings. The molecule has 2 heterocycles. The van der Waals surface area contributed by atoms with Gasteiger partial charge >= 0.3 is 0 Å². The number of amides is 1. The van der Waals surface area contributed by atoms with Crippen LogP contribution in [0.4, 0.5) is 11.4 Å². The summed E-state index contributed by atoms with van der Waals surface area (Å²) in [6.45, 7) is 7.86. The number of aryl methyl sites for hydroxylation is 2. The maximum Gasteiger partial charge on any atom is 0.256 e. The Bertz CT molecular complexity index is 1430. The number of nitrogen functional groups attached to an aromatic ring is 1. The van der Waals surface area contributed by atoms with E-state index in [-0.39, 0.29) is 11.9 Å². The first-order chi connectivity index (χ1) is 19.3. The minimum atomic E-state index is 0.0618. The summed E-state index contributed by atoms with van der Waals surface area (Å²) in [7, 11) is 1.65. The molecule has 1 amide bonds. The average Bonchev–Trinajstić information content (AvgIpc) is 3.37. The second kappa shape index (κ2) is 11.9. The van der Waals surface area contributed by atoms with Gasteiger partial charge in [-0.2, -0.15) is 0 Å². The zero-order valence-corrected chi connectivity index (χ0v) is 23.7. The minimum Gasteiger partial charge on any atom is -0.496 e. The van der Waals surface area contributed by atoms with Crippen molar-refractivity contribution in [3.8, 4) is 28.7 Å². The summed E-state index contributed by atoms with van der Waals surface area (Å²) in [5.74, 6) is 3.47. The highest BCUT2D eigenvalue weighted by Crippen LogP contribution is 2.36. The van der Waals surface area contributed by atoms with E-state index in [1.165, 1.54) is 0 Å². The third-order valence-corrected chi connectivity index (χ3v) is 7.56. The number of carbonyl (C=O) groups is 1. The first-order valence-corrected chi connectivity index (χ1v) is 13.8. The predicted molar refractivity (Wildman–Crippen MR) is 157 cm³/mol. The Morgan fingerprint density at radius 3 is 2.50 bits per heavy atom. The van der Waals surface area contributed by atoms with Gasteiger partial charge in [0.25, 0.3) is 5.91 Å². The van der Waals surface area contributed by atoms with Gasteiger partial charge in [-0.3, -0.25) is 9.79 Å². The molecule has 210 valence electrons. The lowest BCUT2D eigenvalue weighted by atomic mass is 10.1. The molecule has 40 heavy (non-hydrogen) atoms. The average molecular weight is 544 g/mol. The van der Waals surface area contributed by atoms with Crippen molar-refractivity contribution in [3.05, 3.63) is 64.7 Å². The van der Waals surface area contributed by atoms with E-state index >= 15 is 0 Å². The molecule has 0 unspecified atom stereocenters. The Morgan fingerprint density at radius 1 is 0.925 bits per heavy atom. The zero-order chi connectivity index (χ0) is 28.2. The molecule has 5 rings (SSSR count). The van der Waals surface area contributed by atoms with E-state index in [9.17, 15) is 4.79 Å². The molecule has 2 N–H and O–H groups in total. The van der Waals surface area contributed by atoms with Gasteiger partial charge in [-0.05, 0) is 87.4 Å². The Balaban J connectivity index is 1.12. The van der Waals surface area contributed by atoms with Crippen LogP contribution in [0, 0.1) is 20.8 Å². The van der Waals surface area contributed by atoms with Crippen molar-refractivity contribution in [2.75, 3.05) is 32.6 Å². The van der Waals surface area contributed by atoms with Gasteiger partial charge in [-0.25, -0.2) is 0 Å². The standard InChI is InChI=1S/C32H37N3O5/c1-20-14-25(17-30(37-4)22(20)3)40-31-16-24(9-10-27(31)33)38-12-5-6-13-39-29-18-28-26(15-21(29)2)32(36)35-11-7-8-23(35)19-34-28/h9-10,14-19,23H,5-8,11-13,33H2,1-4H3/t23-/m0/s1. The third kappa shape index (κ3) is 5.86. The van der Waals surface area contributed by atoms with Gasteiger partial charge in [0.15, 0.2) is 5.75 Å². The number of fused-ring (bicyclic) bond motifs is 2. The van der Waals surface area contributed by atoms with E-state index in [4.69, 9.17) is 24.7 Å². The van der Waals surface area contributed by atoms with E-state index in [0.717, 1.165) is 60.4 Å². The van der Waals surface area contributed by atoms with Gasteiger partial charge in [0, 0.05) is 31.0 Å². The molecule has 1 atom stereocenters. The Hall–Kier alpha value is -4.20. The SMILES string of the molecule is COc1cc(Oc2cc(OCCCCOc3cc4c(cc3C)C(=O)N3CCC[C@H]3C=N4)ccc2N)cc(C)c1C. The van der Waals surface area contributed by atoms with Crippen LogP contribution >= 0.6 is 0 Å². The maximum atomic E-state index is 13.0. The Morgan fingerprint density at radius 2 is 1.70 bits per heavy atom. The molecule has 3 aromatic carbocycles. The van der Waals surface area contributed by atoms with Gasteiger partial charge in [-0.15, -0.1) is 0 Å². The Labute approximate surface area is 235 Å². The molecule has 3 aromatic rings. The highest BCUT2D eigenvalue weighted by Gasteiger charge is 2.32. The number of ether oxygens (including phenoxy) is 4. The highest BCUT2D eigenvalue weighted by molar-refractivity contribution is 6.03. The number of hydrogen-bond donors (Lipinski definition) is 1. The maximum absolute atomic E-state index is 13.0. The molecule has 0 spiro atoms. The molecular weight excluding hydrogens is 506 g/mol. The molecule has 0 saturated carbocycles. The van der Waals surface area contributed by atoms with Crippen LogP contribution in [0.25, 0.3) is 0 Å². The minimum absolute atomic E-state index is 0.0618. The number of carbonyl (C=O) groups excluding carboxylic acids is 1. The highest BCUT2D eigenvalue weighted by atomic mass is 16.5. The Kier molecular flexibility index (Phi) is 8.14. The summed E-state index contributed by atoms with van der Waals surface area (Å²) in [4.78, 5) is 19.5. The molecule has 0 radical (unpaired) electrons. The molecule has 8 nitrogen and oxygen atoms in total. The molecule has 8 heteroatoms. The second-order valence-electron chi connectivity index (χ2n) is 10.4. The van der Waals surface area contributed by atoms with Crippen molar-refractivity contribution in [1.82, 2.24) is 4.90 Å². The number of benzene rings is 3. The van der Waals surface area contributed by atoms with Crippen molar-refractivity contribution < 1.29 is 23.7 Å². The summed E-state index contributed by atoms with van der Waals surface area (Å²) in [6.07, 6.45) is 5.53. The number of nitrogens with two attached hydrogens (primary N) is 1. The van der Waals surface area contributed by atoms with Gasteiger partial charge in [0.1, 0.15) is 23.0 Å². The van der Waals surface area contributed by atoms with Crippen LogP contribution < -0.4 is 24.7 Å². The predicted octanol–water partition coefficient (Wildman–Crippen LogP) is 6.55. The third-order valence-electron chi connectivity index (χ3n) is 7.56. The van der Waals surface area contributed by atoms with Crippen LogP contribution in [0.3, 0.4) is 0 Å². The fraction of sp³-hybridized carbons (Fsp3) is 0.375. The largest absolute Gasteiger partial charge is 0.496 e. The van der Waals surface area contributed by atoms with E-state index < -0.39 is 0 Å². The first kappa shape index (κ1) is 27.4. The van der Waals surface area contributed by atoms with Gasteiger partial charge in [-0.1, -0.05) is 0 Å². The second-order valence-corrected chi connectivity index (χ2v) is 10.4. The van der Waals surface area contributed by atoms with Crippen molar-refractivity contribution in [1.29, 1.82) is 0 Å². The van der Waals surface area contributed by atoms with Gasteiger partial charge in [0.05, 0.1) is 43.3 Å². The van der Waals surface area contributed by atoms with Crippen LogP contribution in [-0.4, -0.2) is 49.9 Å². The number of unbranched alkanes of at least 4 members (excludes halogenated alkanes) is 1. The van der Waals surface area contributed by atoms with E-state index in [1.54, 1.807) is 19.2 Å². The molecule has 2 aliphatic heterocycles. The summed E-state index contributed by atoms with van der Waals surface area (Å²) in [6, 6.07) is 13.1. The van der Waals surface area contributed by atoms with Crippen molar-refractivity contribution in [2.45, 2.75) is 52.5 Å². The fourth-order valence-corrected chi connectivity index (χ4v) is 5.09. The first-order valence-electron chi connectivity index (χ1n) is 13.8. The molecule has 0 bridgehead atoms. The summed E-state index contributed by atoms with van der Waals surface area (Å²) in [5, 5.41) is 0. The fourth-order valence-electron chi connectivity index (χ4n) is 5.09. The van der Waals surface area contributed by atoms with Crippen molar-refractivity contribution in [2.24, 2.45) is 4.99 Å². The quantitative estimate of drug-likeness (QED) is 0.230. The van der Waals surface area contributed by atoms with E-state index in [1.807, 2.05) is 62.2 Å². The lowest BCUT2D eigenvalue weighted by molar-refractivity contribution is 0.0774. The van der Waals surface area contributed by atoms with Crippen LogP contribution in [-0.2, 0) is 0 Å². The molecule has 2 aliphatic rings. The number of hydrogen-bond acceptors (Lipinski definition) is 7. The van der Waals surface area contributed by atoms with E-state index in [0.29, 0.717) is 47.4 Å². The van der Waals surface area contributed by atoms with Crippen LogP contribution in [0.1, 0.15) is 52.7 Å². The number of nitrogens with zero attached hydrogens (tertiary/aromatic N) is 2. The van der Waals surface area contributed by atoms with Gasteiger partial charge in [0.2, 0.25) is 0 Å². The molecule has 0 aromatic heterocycles. The summed E-state index contributed by atoms with van der Waals surface area (Å²) < 4.78 is 23.6.